The Kier molecular flexibility index (Phi) is 5.90. The highest BCUT2D eigenvalue weighted by atomic mass is 127. The maximum atomic E-state index is 12.4. The number of carbonyl (C=O) groups excluding carboxylic acids is 1. The second kappa shape index (κ2) is 7.69. The van der Waals surface area contributed by atoms with E-state index in [0.717, 1.165) is 3.57 Å². The summed E-state index contributed by atoms with van der Waals surface area (Å²) in [4.78, 5) is 12.4. The maximum Gasteiger partial charge on any atom is 0.255 e. The number of hydrogen-bond donors (Lipinski definition) is 1. The van der Waals surface area contributed by atoms with E-state index in [2.05, 4.69) is 27.9 Å². The molecule has 0 saturated heterocycles. The molecule has 6 heteroatoms. The van der Waals surface area contributed by atoms with Crippen molar-refractivity contribution in [3.63, 3.8) is 0 Å². The molecule has 0 unspecified atom stereocenters. The van der Waals surface area contributed by atoms with Crippen molar-refractivity contribution < 1.29 is 14.3 Å². The molecule has 0 aliphatic heterocycles. The third kappa shape index (κ3) is 4.04. The molecule has 4 nitrogen and oxygen atoms in total. The summed E-state index contributed by atoms with van der Waals surface area (Å²) < 4.78 is 11.7. The van der Waals surface area contributed by atoms with Crippen LogP contribution in [0.15, 0.2) is 36.4 Å². The minimum Gasteiger partial charge on any atom is -0.493 e. The van der Waals surface area contributed by atoms with Crippen LogP contribution in [0.25, 0.3) is 0 Å². The van der Waals surface area contributed by atoms with Crippen LogP contribution in [0, 0.1) is 3.57 Å². The third-order valence-electron chi connectivity index (χ3n) is 2.86. The summed E-state index contributed by atoms with van der Waals surface area (Å²) in [5.74, 6) is 0.941. The van der Waals surface area contributed by atoms with Crippen molar-refractivity contribution in [3.8, 4) is 11.5 Å². The third-order valence-corrected chi connectivity index (χ3v) is 3.90. The predicted octanol–water partition coefficient (Wildman–Crippen LogP) is 4.60. The van der Waals surface area contributed by atoms with Crippen molar-refractivity contribution in [2.45, 2.75) is 6.92 Å². The van der Waals surface area contributed by atoms with E-state index >= 15 is 0 Å². The smallest absolute Gasteiger partial charge is 0.255 e. The van der Waals surface area contributed by atoms with E-state index in [9.17, 15) is 4.79 Å². The molecule has 0 aromatic heterocycles. The second-order valence-corrected chi connectivity index (χ2v) is 5.99. The Labute approximate surface area is 147 Å². The maximum absolute atomic E-state index is 12.4. The van der Waals surface area contributed by atoms with E-state index in [0.29, 0.717) is 34.4 Å². The van der Waals surface area contributed by atoms with Gasteiger partial charge in [-0.25, -0.2) is 0 Å². The summed E-state index contributed by atoms with van der Waals surface area (Å²) in [6.07, 6.45) is 0. The van der Waals surface area contributed by atoms with Crippen molar-refractivity contribution in [3.05, 3.63) is 50.6 Å². The largest absolute Gasteiger partial charge is 0.493 e. The van der Waals surface area contributed by atoms with Crippen molar-refractivity contribution in [2.75, 3.05) is 19.0 Å². The first-order valence-corrected chi connectivity index (χ1v) is 8.08. The van der Waals surface area contributed by atoms with E-state index in [-0.39, 0.29) is 5.91 Å². The standard InChI is InChI=1S/C16H15ClINO3/c1-3-22-15-13(18)7-10(8-14(15)21-2)16(20)19-12-6-4-5-11(17)9-12/h4-9H,3H2,1-2H3,(H,19,20). The lowest BCUT2D eigenvalue weighted by atomic mass is 10.2. The van der Waals surface area contributed by atoms with Gasteiger partial charge in [0.2, 0.25) is 0 Å². The zero-order chi connectivity index (χ0) is 16.1. The molecule has 2 aromatic rings. The molecule has 0 aliphatic rings. The van der Waals surface area contributed by atoms with E-state index in [1.807, 2.05) is 6.92 Å². The molecule has 2 rings (SSSR count). The number of carbonyl (C=O) groups is 1. The van der Waals surface area contributed by atoms with Crippen LogP contribution in [0.3, 0.4) is 0 Å². The van der Waals surface area contributed by atoms with Crippen LogP contribution >= 0.6 is 34.2 Å². The quantitative estimate of drug-likeness (QED) is 0.704. The van der Waals surface area contributed by atoms with Gasteiger partial charge in [0.25, 0.3) is 5.91 Å². The van der Waals surface area contributed by atoms with Crippen LogP contribution in [0.1, 0.15) is 17.3 Å². The number of rotatable bonds is 5. The van der Waals surface area contributed by atoms with Crippen LogP contribution < -0.4 is 14.8 Å². The topological polar surface area (TPSA) is 47.6 Å². The van der Waals surface area contributed by atoms with Gasteiger partial charge < -0.3 is 14.8 Å². The molecule has 0 bridgehead atoms. The molecule has 0 heterocycles. The van der Waals surface area contributed by atoms with Crippen molar-refractivity contribution >= 4 is 45.8 Å². The van der Waals surface area contributed by atoms with E-state index < -0.39 is 0 Å². The van der Waals surface area contributed by atoms with E-state index in [1.165, 1.54) is 0 Å². The van der Waals surface area contributed by atoms with Gasteiger partial charge in [0, 0.05) is 16.3 Å². The summed E-state index contributed by atoms with van der Waals surface area (Å²) in [6, 6.07) is 10.4. The van der Waals surface area contributed by atoms with E-state index in [4.69, 9.17) is 21.1 Å². The van der Waals surface area contributed by atoms with Gasteiger partial charge in [-0.1, -0.05) is 17.7 Å². The fourth-order valence-electron chi connectivity index (χ4n) is 1.90. The van der Waals surface area contributed by atoms with Gasteiger partial charge in [0.05, 0.1) is 17.3 Å². The number of hydrogen-bond acceptors (Lipinski definition) is 3. The Bertz CT molecular complexity index is 691. The summed E-state index contributed by atoms with van der Waals surface area (Å²) in [5, 5.41) is 3.37. The fourth-order valence-corrected chi connectivity index (χ4v) is 2.85. The molecule has 0 aliphatic carbocycles. The van der Waals surface area contributed by atoms with Gasteiger partial charge in [-0.05, 0) is 59.8 Å². The molecular weight excluding hydrogens is 417 g/mol. The highest BCUT2D eigenvalue weighted by Gasteiger charge is 2.15. The van der Waals surface area contributed by atoms with Crippen molar-refractivity contribution in [1.29, 1.82) is 0 Å². The molecule has 1 N–H and O–H groups in total. The predicted molar refractivity (Wildman–Crippen MR) is 96.3 cm³/mol. The van der Waals surface area contributed by atoms with Crippen LogP contribution in [0.5, 0.6) is 11.5 Å². The molecule has 22 heavy (non-hydrogen) atoms. The Morgan fingerprint density at radius 3 is 2.73 bits per heavy atom. The first kappa shape index (κ1) is 16.9. The number of anilines is 1. The molecular formula is C16H15ClINO3. The molecule has 1 amide bonds. The lowest BCUT2D eigenvalue weighted by Crippen LogP contribution is -2.12. The summed E-state index contributed by atoms with van der Waals surface area (Å²) >= 11 is 8.04. The summed E-state index contributed by atoms with van der Waals surface area (Å²) in [6.45, 7) is 2.43. The van der Waals surface area contributed by atoms with E-state index in [1.54, 1.807) is 43.5 Å². The number of ether oxygens (including phenoxy) is 2. The van der Waals surface area contributed by atoms with Crippen LogP contribution in [0.4, 0.5) is 5.69 Å². The Balaban J connectivity index is 2.28. The normalized spacial score (nSPS) is 10.2. The molecule has 0 fully saturated rings. The zero-order valence-electron chi connectivity index (χ0n) is 12.2. The SMILES string of the molecule is CCOc1c(I)cc(C(=O)Nc2cccc(Cl)c2)cc1OC. The Morgan fingerprint density at radius 2 is 2.09 bits per heavy atom. The lowest BCUT2D eigenvalue weighted by molar-refractivity contribution is 0.102. The molecule has 0 atom stereocenters. The minimum atomic E-state index is -0.235. The van der Waals surface area contributed by atoms with Crippen molar-refractivity contribution in [2.24, 2.45) is 0 Å². The van der Waals surface area contributed by atoms with Crippen molar-refractivity contribution in [1.82, 2.24) is 0 Å². The number of halogens is 2. The Morgan fingerprint density at radius 1 is 1.32 bits per heavy atom. The van der Waals surface area contributed by atoms with Crippen LogP contribution in [-0.2, 0) is 0 Å². The molecule has 0 spiro atoms. The Hall–Kier alpha value is -1.47. The van der Waals surface area contributed by atoms with Crippen LogP contribution in [-0.4, -0.2) is 19.6 Å². The van der Waals surface area contributed by atoms with Gasteiger partial charge in [-0.3, -0.25) is 4.79 Å². The first-order chi connectivity index (χ1) is 10.5. The van der Waals surface area contributed by atoms with Crippen LogP contribution in [0.2, 0.25) is 5.02 Å². The molecule has 0 saturated carbocycles. The number of methoxy groups -OCH3 is 1. The first-order valence-electron chi connectivity index (χ1n) is 6.62. The number of amides is 1. The number of benzene rings is 2. The number of nitrogens with one attached hydrogen (secondary N) is 1. The van der Waals surface area contributed by atoms with Gasteiger partial charge in [0.15, 0.2) is 11.5 Å². The van der Waals surface area contributed by atoms with Gasteiger partial charge in [0.1, 0.15) is 0 Å². The minimum absolute atomic E-state index is 0.235. The summed E-state index contributed by atoms with van der Waals surface area (Å²) in [7, 11) is 1.55. The zero-order valence-corrected chi connectivity index (χ0v) is 15.1. The average molecular weight is 432 g/mol. The second-order valence-electron chi connectivity index (χ2n) is 4.39. The molecule has 0 radical (unpaired) electrons. The average Bonchev–Trinajstić information content (AvgIpc) is 2.49. The fraction of sp³-hybridized carbons (Fsp3) is 0.188. The highest BCUT2D eigenvalue weighted by molar-refractivity contribution is 14.1. The van der Waals surface area contributed by atoms with Gasteiger partial charge >= 0.3 is 0 Å². The highest BCUT2D eigenvalue weighted by Crippen LogP contribution is 2.34. The molecule has 2 aromatic carbocycles. The monoisotopic (exact) mass is 431 g/mol. The molecule has 116 valence electrons. The van der Waals surface area contributed by atoms with Gasteiger partial charge in [-0.15, -0.1) is 0 Å². The summed E-state index contributed by atoms with van der Waals surface area (Å²) in [5.41, 5.74) is 1.13. The van der Waals surface area contributed by atoms with Gasteiger partial charge in [-0.2, -0.15) is 0 Å². The lowest BCUT2D eigenvalue weighted by Gasteiger charge is -2.13.